The van der Waals surface area contributed by atoms with Gasteiger partial charge in [-0.1, -0.05) is 39.2 Å². The summed E-state index contributed by atoms with van der Waals surface area (Å²) in [5.41, 5.74) is 0. The van der Waals surface area contributed by atoms with E-state index in [0.29, 0.717) is 9.93 Å². The van der Waals surface area contributed by atoms with Crippen molar-refractivity contribution >= 4 is 18.1 Å². The topological polar surface area (TPSA) is 0 Å². The summed E-state index contributed by atoms with van der Waals surface area (Å²) < 4.78 is 0. The highest BCUT2D eigenvalue weighted by Crippen LogP contribution is 2.88. The van der Waals surface area contributed by atoms with Gasteiger partial charge in [-0.3, -0.25) is 0 Å². The van der Waals surface area contributed by atoms with E-state index in [4.69, 9.17) is 0 Å². The summed E-state index contributed by atoms with van der Waals surface area (Å²) in [6.07, 6.45) is 2.50. The number of rotatable bonds is 4. The molecule has 1 unspecified atom stereocenters. The Kier molecular flexibility index (Phi) is 3.45. The van der Waals surface area contributed by atoms with Crippen LogP contribution < -0.4 is 0 Å². The van der Waals surface area contributed by atoms with Gasteiger partial charge in [0.1, 0.15) is 0 Å². The van der Waals surface area contributed by atoms with Gasteiger partial charge in [0.25, 0.3) is 0 Å². The lowest BCUT2D eigenvalue weighted by Gasteiger charge is -2.63. The quantitative estimate of drug-likeness (QED) is 0.527. The van der Waals surface area contributed by atoms with Gasteiger partial charge >= 0.3 is 0 Å². The Morgan fingerprint density at radius 3 is 1.92 bits per heavy atom. The monoisotopic (exact) mass is 222 g/mol. The van der Waals surface area contributed by atoms with Crippen molar-refractivity contribution in [3.8, 4) is 0 Å². The van der Waals surface area contributed by atoms with Gasteiger partial charge in [-0.15, -0.1) is 0 Å². The summed E-state index contributed by atoms with van der Waals surface area (Å²) in [5, 5.41) is 2.70. The third kappa shape index (κ3) is 1.46. The first-order valence-corrected chi connectivity index (χ1v) is 10.9. The molecule has 1 aliphatic heterocycles. The summed E-state index contributed by atoms with van der Waals surface area (Å²) >= 11 is 0. The molecule has 0 radical (unpaired) electrons. The van der Waals surface area contributed by atoms with Crippen LogP contribution >= 0.6 is 18.1 Å². The van der Waals surface area contributed by atoms with Crippen molar-refractivity contribution in [1.29, 1.82) is 0 Å². The van der Waals surface area contributed by atoms with Crippen LogP contribution in [0.15, 0.2) is 11.5 Å². The van der Waals surface area contributed by atoms with Crippen molar-refractivity contribution in [2.75, 3.05) is 28.8 Å². The van der Waals surface area contributed by atoms with Gasteiger partial charge in [0, 0.05) is 0 Å². The van der Waals surface area contributed by atoms with Crippen molar-refractivity contribution in [3.63, 3.8) is 0 Å². The van der Waals surface area contributed by atoms with Crippen LogP contribution in [-0.4, -0.2) is 28.8 Å². The van der Waals surface area contributed by atoms with E-state index in [2.05, 4.69) is 39.2 Å². The first kappa shape index (κ1) is 11.5. The largest absolute Gasteiger partial charge is 0.249 e. The average molecular weight is 222 g/mol. The zero-order valence-corrected chi connectivity index (χ0v) is 11.4. The number of hydrogen-bond donors (Lipinski definition) is 2. The zero-order valence-electron chi connectivity index (χ0n) is 9.58. The van der Waals surface area contributed by atoms with E-state index in [1.165, 1.54) is 28.8 Å². The zero-order chi connectivity index (χ0) is 9.97. The molecular weight excluding hydrogens is 196 g/mol. The minimum absolute atomic E-state index is 0.344. The molecule has 0 N–H and O–H groups in total. The minimum Gasteiger partial charge on any atom is -0.249 e. The van der Waals surface area contributed by atoms with Crippen LogP contribution in [0.3, 0.4) is 0 Å². The van der Waals surface area contributed by atoms with Crippen molar-refractivity contribution < 1.29 is 0 Å². The molecule has 0 aliphatic carbocycles. The van der Waals surface area contributed by atoms with Crippen LogP contribution in [-0.2, 0) is 0 Å². The van der Waals surface area contributed by atoms with Gasteiger partial charge in [0.15, 0.2) is 0 Å². The van der Waals surface area contributed by atoms with E-state index in [9.17, 15) is 0 Å². The third-order valence-corrected chi connectivity index (χ3v) is 21.6. The lowest BCUT2D eigenvalue weighted by molar-refractivity contribution is 1.34. The van der Waals surface area contributed by atoms with Crippen molar-refractivity contribution in [2.24, 2.45) is 0 Å². The SMILES string of the molecule is CC[SH]1CC=C[SH]1(CC)(CC)CC. The highest BCUT2D eigenvalue weighted by molar-refractivity contribution is 9.11. The first-order chi connectivity index (χ1) is 6.17. The van der Waals surface area contributed by atoms with Crippen molar-refractivity contribution in [2.45, 2.75) is 27.7 Å². The highest BCUT2D eigenvalue weighted by Gasteiger charge is 2.40. The fourth-order valence-electron chi connectivity index (χ4n) is 2.85. The van der Waals surface area contributed by atoms with Crippen LogP contribution in [0.5, 0.6) is 0 Å². The molecule has 0 aromatic heterocycles. The molecule has 0 aromatic rings. The van der Waals surface area contributed by atoms with Gasteiger partial charge in [-0.05, 0) is 28.8 Å². The van der Waals surface area contributed by atoms with E-state index in [1.807, 2.05) is 0 Å². The summed E-state index contributed by atoms with van der Waals surface area (Å²) in [4.78, 5) is 0. The van der Waals surface area contributed by atoms with Crippen LogP contribution in [0, 0.1) is 0 Å². The second-order valence-corrected chi connectivity index (χ2v) is 16.8. The Morgan fingerprint density at radius 1 is 1.08 bits per heavy atom. The van der Waals surface area contributed by atoms with E-state index in [1.54, 1.807) is 0 Å². The molecule has 0 aromatic carbocycles. The Bertz CT molecular complexity index is 193. The van der Waals surface area contributed by atoms with E-state index in [0.717, 1.165) is 0 Å². The Labute approximate surface area is 86.2 Å². The van der Waals surface area contributed by atoms with Crippen LogP contribution in [0.1, 0.15) is 27.7 Å². The van der Waals surface area contributed by atoms with E-state index in [-0.39, 0.29) is 0 Å². The Morgan fingerprint density at radius 2 is 1.62 bits per heavy atom. The lowest BCUT2D eigenvalue weighted by atomic mass is 10.8. The lowest BCUT2D eigenvalue weighted by Crippen LogP contribution is -2.22. The van der Waals surface area contributed by atoms with Crippen molar-refractivity contribution in [1.82, 2.24) is 0 Å². The maximum absolute atomic E-state index is 2.70. The summed E-state index contributed by atoms with van der Waals surface area (Å²) in [6, 6.07) is 0. The molecule has 13 heavy (non-hydrogen) atoms. The number of thiol groups is 2. The molecule has 0 saturated heterocycles. The molecule has 0 nitrogen and oxygen atoms in total. The second kappa shape index (κ2) is 3.90. The summed E-state index contributed by atoms with van der Waals surface area (Å²) in [5.74, 6) is 7.28. The molecule has 82 valence electrons. The van der Waals surface area contributed by atoms with Gasteiger partial charge in [0.05, 0.1) is 0 Å². The molecule has 0 amide bonds. The van der Waals surface area contributed by atoms with Crippen molar-refractivity contribution in [3.05, 3.63) is 11.5 Å². The molecular formula is C11H26S2. The maximum atomic E-state index is 2.70. The van der Waals surface area contributed by atoms with Crippen LogP contribution in [0.25, 0.3) is 0 Å². The average Bonchev–Trinajstić information content (AvgIpc) is 2.58. The predicted molar refractivity (Wildman–Crippen MR) is 74.1 cm³/mol. The first-order valence-electron chi connectivity index (χ1n) is 5.61. The summed E-state index contributed by atoms with van der Waals surface area (Å²) in [6.45, 7) is 9.71. The van der Waals surface area contributed by atoms with E-state index < -0.39 is 8.19 Å². The van der Waals surface area contributed by atoms with Crippen LogP contribution in [0.2, 0.25) is 0 Å². The fourth-order valence-corrected chi connectivity index (χ4v) is 17.2. The molecule has 1 rings (SSSR count). The van der Waals surface area contributed by atoms with Gasteiger partial charge in [-0.2, -0.15) is 0 Å². The van der Waals surface area contributed by atoms with Crippen LogP contribution in [0.4, 0.5) is 0 Å². The normalized spacial score (nSPS) is 35.4. The fraction of sp³-hybridized carbons (Fsp3) is 0.818. The smallest absolute Gasteiger partial charge is 0.000404 e. The minimum atomic E-state index is -1.32. The molecule has 0 fully saturated rings. The molecule has 0 spiro atoms. The Hall–Kier alpha value is 0.440. The van der Waals surface area contributed by atoms with Gasteiger partial charge in [-0.25, -0.2) is 18.1 Å². The standard InChI is InChI=1S/C11H26S2/c1-5-12-10-9-11-13(12,6-2,7-3)8-4/h9,11-13H,5-8,10H2,1-4H3. The molecule has 2 heteroatoms. The second-order valence-electron chi connectivity index (χ2n) is 4.10. The number of hydrogen-bond acceptors (Lipinski definition) is 0. The summed E-state index contributed by atoms with van der Waals surface area (Å²) in [7, 11) is -0.977. The Balaban J connectivity index is 3.07. The molecule has 0 saturated carbocycles. The van der Waals surface area contributed by atoms with E-state index >= 15 is 0 Å². The molecule has 0 bridgehead atoms. The van der Waals surface area contributed by atoms with Gasteiger partial charge < -0.3 is 0 Å². The maximum Gasteiger partial charge on any atom is -0.000404 e. The predicted octanol–water partition coefficient (Wildman–Crippen LogP) is 3.58. The highest BCUT2D eigenvalue weighted by atomic mass is 33.2. The third-order valence-electron chi connectivity index (χ3n) is 4.25. The van der Waals surface area contributed by atoms with Gasteiger partial charge in [0.2, 0.25) is 0 Å². The molecule has 1 aliphatic rings. The molecule has 1 heterocycles. The molecule has 1 atom stereocenters.